The van der Waals surface area contributed by atoms with Crippen LogP contribution < -0.4 is 4.74 Å². The van der Waals surface area contributed by atoms with Crippen molar-refractivity contribution >= 4 is 45.9 Å². The van der Waals surface area contributed by atoms with E-state index < -0.39 is 5.97 Å². The Morgan fingerprint density at radius 3 is 2.48 bits per heavy atom. The van der Waals surface area contributed by atoms with Gasteiger partial charge in [-0.15, -0.1) is 11.8 Å². The van der Waals surface area contributed by atoms with Crippen LogP contribution in [-0.2, 0) is 4.79 Å². The average molecular weight is 516 g/mol. The first-order chi connectivity index (χ1) is 14.0. The van der Waals surface area contributed by atoms with E-state index in [2.05, 4.69) is 84.1 Å². The van der Waals surface area contributed by atoms with Gasteiger partial charge in [0.1, 0.15) is 5.75 Å². The van der Waals surface area contributed by atoms with Gasteiger partial charge in [0, 0.05) is 14.2 Å². The quantitative estimate of drug-likeness (QED) is 0.283. The predicted molar refractivity (Wildman–Crippen MR) is 128 cm³/mol. The minimum absolute atomic E-state index is 0.331. The lowest BCUT2D eigenvalue weighted by Gasteiger charge is -2.12. The Morgan fingerprint density at radius 2 is 1.79 bits per heavy atom. The molecule has 0 radical (unpaired) electrons. The van der Waals surface area contributed by atoms with Crippen molar-refractivity contribution in [2.75, 3.05) is 12.4 Å². The van der Waals surface area contributed by atoms with Gasteiger partial charge in [-0.2, -0.15) is 0 Å². The molecule has 0 fully saturated rings. The van der Waals surface area contributed by atoms with Crippen molar-refractivity contribution in [3.63, 3.8) is 0 Å². The molecule has 0 aromatic heterocycles. The highest BCUT2D eigenvalue weighted by molar-refractivity contribution is 14.1. The highest BCUT2D eigenvalue weighted by Gasteiger charge is 2.08. The number of carboxylic acids is 1. The van der Waals surface area contributed by atoms with Crippen LogP contribution in [0.25, 0.3) is 5.57 Å². The number of benzene rings is 3. The summed E-state index contributed by atoms with van der Waals surface area (Å²) in [5, 5.41) is 8.74. The normalized spacial score (nSPS) is 11.3. The Bertz CT molecular complexity index is 1020. The van der Waals surface area contributed by atoms with Gasteiger partial charge in [-0.25, -0.2) is 4.79 Å². The van der Waals surface area contributed by atoms with Crippen LogP contribution in [0.5, 0.6) is 5.75 Å². The van der Waals surface area contributed by atoms with Crippen LogP contribution in [0.2, 0.25) is 0 Å². The van der Waals surface area contributed by atoms with E-state index in [0.29, 0.717) is 5.75 Å². The van der Waals surface area contributed by atoms with Crippen molar-refractivity contribution in [3.8, 4) is 5.75 Å². The number of carboxylic acid groups (broad SMARTS) is 1. The molecule has 0 aliphatic heterocycles. The second-order valence-electron chi connectivity index (χ2n) is 6.38. The molecule has 0 aliphatic rings. The minimum Gasteiger partial charge on any atom is -0.482 e. The molecular weight excluding hydrogens is 495 g/mol. The molecule has 0 heterocycles. The standard InChI is InChI=1S/C24H21IO3S/c1-17-7-5-6-10-20(17)21(18-8-3-2-4-9-18)13-14-29-23-12-11-19(15-22(23)25)28-16-24(26)27/h2-13,15H,14,16H2,1H3,(H,26,27). The summed E-state index contributed by atoms with van der Waals surface area (Å²) in [6.07, 6.45) is 2.27. The number of thioether (sulfide) groups is 1. The summed E-state index contributed by atoms with van der Waals surface area (Å²) in [6.45, 7) is 1.81. The third-order valence-electron chi connectivity index (χ3n) is 4.31. The summed E-state index contributed by atoms with van der Waals surface area (Å²) < 4.78 is 6.29. The van der Waals surface area contributed by atoms with Crippen molar-refractivity contribution in [1.29, 1.82) is 0 Å². The number of ether oxygens (including phenoxy) is 1. The lowest BCUT2D eigenvalue weighted by atomic mass is 9.94. The molecule has 0 saturated heterocycles. The SMILES string of the molecule is Cc1ccccc1C(=CCSc1ccc(OCC(=O)O)cc1I)c1ccccc1. The average Bonchev–Trinajstić information content (AvgIpc) is 2.72. The van der Waals surface area contributed by atoms with E-state index in [9.17, 15) is 4.79 Å². The molecule has 0 spiro atoms. The summed E-state index contributed by atoms with van der Waals surface area (Å²) in [4.78, 5) is 11.8. The Balaban J connectivity index is 1.78. The van der Waals surface area contributed by atoms with E-state index in [1.807, 2.05) is 24.3 Å². The fraction of sp³-hybridized carbons (Fsp3) is 0.125. The number of hydrogen-bond donors (Lipinski definition) is 1. The van der Waals surface area contributed by atoms with E-state index >= 15 is 0 Å². The van der Waals surface area contributed by atoms with Crippen molar-refractivity contribution in [2.45, 2.75) is 11.8 Å². The zero-order valence-electron chi connectivity index (χ0n) is 16.0. The monoisotopic (exact) mass is 516 g/mol. The Hall–Kier alpha value is -2.25. The summed E-state index contributed by atoms with van der Waals surface area (Å²) in [5.74, 6) is 0.416. The summed E-state index contributed by atoms with van der Waals surface area (Å²) in [5.41, 5.74) is 4.93. The topological polar surface area (TPSA) is 46.5 Å². The van der Waals surface area contributed by atoms with E-state index in [-0.39, 0.29) is 6.61 Å². The zero-order valence-corrected chi connectivity index (χ0v) is 18.9. The van der Waals surface area contributed by atoms with Gasteiger partial charge in [-0.3, -0.25) is 0 Å². The molecule has 0 saturated carbocycles. The molecule has 29 heavy (non-hydrogen) atoms. The molecule has 148 valence electrons. The van der Waals surface area contributed by atoms with Gasteiger partial charge in [0.15, 0.2) is 6.61 Å². The largest absolute Gasteiger partial charge is 0.482 e. The van der Waals surface area contributed by atoms with Gasteiger partial charge in [0.2, 0.25) is 0 Å². The molecule has 3 rings (SSSR count). The molecule has 5 heteroatoms. The summed E-state index contributed by atoms with van der Waals surface area (Å²) in [7, 11) is 0. The van der Waals surface area contributed by atoms with Gasteiger partial charge in [0.25, 0.3) is 0 Å². The van der Waals surface area contributed by atoms with E-state index in [0.717, 1.165) is 14.2 Å². The molecule has 0 bridgehead atoms. The van der Waals surface area contributed by atoms with Gasteiger partial charge in [0.05, 0.1) is 0 Å². The molecule has 0 amide bonds. The van der Waals surface area contributed by atoms with Crippen molar-refractivity contribution in [2.24, 2.45) is 0 Å². The van der Waals surface area contributed by atoms with Gasteiger partial charge >= 0.3 is 5.97 Å². The molecule has 3 aromatic carbocycles. The number of aryl methyl sites for hydroxylation is 1. The fourth-order valence-corrected chi connectivity index (χ4v) is 4.67. The first-order valence-electron chi connectivity index (χ1n) is 9.13. The van der Waals surface area contributed by atoms with Crippen LogP contribution in [0.3, 0.4) is 0 Å². The second kappa shape index (κ2) is 10.5. The summed E-state index contributed by atoms with van der Waals surface area (Å²) in [6, 6.07) is 24.5. The molecule has 0 atom stereocenters. The number of halogens is 1. The van der Waals surface area contributed by atoms with Gasteiger partial charge in [-0.05, 0) is 70.0 Å². The third-order valence-corrected chi connectivity index (χ3v) is 6.57. The molecular formula is C24H21IO3S. The lowest BCUT2D eigenvalue weighted by molar-refractivity contribution is -0.139. The van der Waals surface area contributed by atoms with Crippen LogP contribution in [0.4, 0.5) is 0 Å². The third kappa shape index (κ3) is 6.11. The lowest BCUT2D eigenvalue weighted by Crippen LogP contribution is -2.09. The molecule has 0 unspecified atom stereocenters. The maximum Gasteiger partial charge on any atom is 0.341 e. The Kier molecular flexibility index (Phi) is 7.77. The zero-order chi connectivity index (χ0) is 20.6. The van der Waals surface area contributed by atoms with Crippen molar-refractivity contribution < 1.29 is 14.6 Å². The van der Waals surface area contributed by atoms with Crippen LogP contribution in [0.1, 0.15) is 16.7 Å². The van der Waals surface area contributed by atoms with Crippen LogP contribution in [0, 0.1) is 10.5 Å². The first kappa shape index (κ1) is 21.5. The summed E-state index contributed by atoms with van der Waals surface area (Å²) >= 11 is 4.01. The van der Waals surface area contributed by atoms with Crippen molar-refractivity contribution in [1.82, 2.24) is 0 Å². The maximum absolute atomic E-state index is 10.7. The van der Waals surface area contributed by atoms with E-state index in [1.165, 1.54) is 22.3 Å². The number of rotatable bonds is 8. The van der Waals surface area contributed by atoms with E-state index in [1.54, 1.807) is 11.8 Å². The van der Waals surface area contributed by atoms with E-state index in [4.69, 9.17) is 9.84 Å². The maximum atomic E-state index is 10.7. The fourth-order valence-electron chi connectivity index (χ4n) is 2.92. The van der Waals surface area contributed by atoms with Gasteiger partial charge in [-0.1, -0.05) is 60.7 Å². The molecule has 3 aromatic rings. The first-order valence-corrected chi connectivity index (χ1v) is 11.2. The molecule has 3 nitrogen and oxygen atoms in total. The van der Waals surface area contributed by atoms with Crippen LogP contribution in [0.15, 0.2) is 83.8 Å². The number of aliphatic carboxylic acids is 1. The Labute approximate surface area is 188 Å². The Morgan fingerprint density at radius 1 is 1.07 bits per heavy atom. The highest BCUT2D eigenvalue weighted by atomic mass is 127. The van der Waals surface area contributed by atoms with Gasteiger partial charge < -0.3 is 9.84 Å². The smallest absolute Gasteiger partial charge is 0.341 e. The van der Waals surface area contributed by atoms with Crippen molar-refractivity contribution in [3.05, 3.63) is 99.1 Å². The number of carbonyl (C=O) groups is 1. The van der Waals surface area contributed by atoms with Crippen LogP contribution >= 0.6 is 34.4 Å². The minimum atomic E-state index is -0.978. The predicted octanol–water partition coefficient (Wildman–Crippen LogP) is 6.29. The second-order valence-corrected chi connectivity index (χ2v) is 8.61. The molecule has 1 N–H and O–H groups in total. The highest BCUT2D eigenvalue weighted by Crippen LogP contribution is 2.31. The van der Waals surface area contributed by atoms with Crippen LogP contribution in [-0.4, -0.2) is 23.4 Å². The number of hydrogen-bond acceptors (Lipinski definition) is 3. The molecule has 0 aliphatic carbocycles.